The minimum atomic E-state index is 0.777. The zero-order valence-corrected chi connectivity index (χ0v) is 11.6. The molecule has 1 nitrogen and oxygen atoms in total. The van der Waals surface area contributed by atoms with Gasteiger partial charge in [-0.3, -0.25) is 0 Å². The predicted octanol–water partition coefficient (Wildman–Crippen LogP) is 4.94. The van der Waals surface area contributed by atoms with E-state index in [1.807, 2.05) is 24.3 Å². The Bertz CT molecular complexity index is 603. The number of rotatable bonds is 3. The van der Waals surface area contributed by atoms with E-state index in [0.717, 1.165) is 10.8 Å². The van der Waals surface area contributed by atoms with Gasteiger partial charge in [0, 0.05) is 5.02 Å². The fraction of sp³-hybridized carbons (Fsp3) is 0.176. The first-order valence-corrected chi connectivity index (χ1v) is 6.78. The fourth-order valence-corrected chi connectivity index (χ4v) is 2.39. The zero-order chi connectivity index (χ0) is 13.2. The van der Waals surface area contributed by atoms with Crippen molar-refractivity contribution in [2.75, 3.05) is 7.11 Å². The van der Waals surface area contributed by atoms with E-state index in [4.69, 9.17) is 16.3 Å². The third-order valence-electron chi connectivity index (χ3n) is 3.37. The molecule has 0 atom stereocenters. The lowest BCUT2D eigenvalue weighted by molar-refractivity contribution is 0.415. The number of methoxy groups -OCH3 is 1. The van der Waals surface area contributed by atoms with Crippen LogP contribution in [0.25, 0.3) is 5.57 Å². The highest BCUT2D eigenvalue weighted by Crippen LogP contribution is 2.40. The van der Waals surface area contributed by atoms with Gasteiger partial charge in [0.05, 0.1) is 7.11 Å². The summed E-state index contributed by atoms with van der Waals surface area (Å²) in [6.07, 6.45) is 2.40. The van der Waals surface area contributed by atoms with Crippen molar-refractivity contribution in [3.8, 4) is 5.75 Å². The molecule has 1 fully saturated rings. The summed E-state index contributed by atoms with van der Waals surface area (Å²) in [7, 11) is 1.69. The Morgan fingerprint density at radius 3 is 1.89 bits per heavy atom. The first-order chi connectivity index (χ1) is 9.28. The fourth-order valence-electron chi connectivity index (χ4n) is 2.26. The Kier molecular flexibility index (Phi) is 3.31. The van der Waals surface area contributed by atoms with Crippen LogP contribution in [0.5, 0.6) is 5.75 Å². The van der Waals surface area contributed by atoms with E-state index in [2.05, 4.69) is 24.3 Å². The quantitative estimate of drug-likeness (QED) is 0.767. The van der Waals surface area contributed by atoms with Gasteiger partial charge in [0.25, 0.3) is 0 Å². The average Bonchev–Trinajstić information content (AvgIpc) is 3.27. The second-order valence-corrected chi connectivity index (χ2v) is 5.15. The molecule has 0 N–H and O–H groups in total. The summed E-state index contributed by atoms with van der Waals surface area (Å²) >= 11 is 5.96. The summed E-state index contributed by atoms with van der Waals surface area (Å²) in [4.78, 5) is 0. The van der Waals surface area contributed by atoms with E-state index >= 15 is 0 Å². The SMILES string of the molecule is COc1ccc(C(=C2CC2)c2ccc(Cl)cc2)cc1. The van der Waals surface area contributed by atoms with Crippen molar-refractivity contribution in [3.05, 3.63) is 70.3 Å². The Balaban J connectivity index is 2.02. The van der Waals surface area contributed by atoms with E-state index in [-0.39, 0.29) is 0 Å². The molecule has 3 rings (SSSR count). The van der Waals surface area contributed by atoms with Crippen LogP contribution in [0.3, 0.4) is 0 Å². The van der Waals surface area contributed by atoms with Crippen molar-refractivity contribution in [2.24, 2.45) is 0 Å². The largest absolute Gasteiger partial charge is 0.497 e. The van der Waals surface area contributed by atoms with Crippen molar-refractivity contribution >= 4 is 17.2 Å². The third-order valence-corrected chi connectivity index (χ3v) is 3.62. The summed E-state index contributed by atoms with van der Waals surface area (Å²) in [5, 5.41) is 0.777. The first kappa shape index (κ1) is 12.3. The number of halogens is 1. The van der Waals surface area contributed by atoms with Crippen LogP contribution in [0.15, 0.2) is 54.1 Å². The molecular weight excluding hydrogens is 256 g/mol. The van der Waals surface area contributed by atoms with Crippen molar-refractivity contribution in [3.63, 3.8) is 0 Å². The van der Waals surface area contributed by atoms with E-state index in [0.29, 0.717) is 0 Å². The van der Waals surface area contributed by atoms with E-state index in [1.54, 1.807) is 7.11 Å². The maximum Gasteiger partial charge on any atom is 0.118 e. The van der Waals surface area contributed by atoms with Gasteiger partial charge in [-0.1, -0.05) is 41.4 Å². The zero-order valence-electron chi connectivity index (χ0n) is 10.8. The van der Waals surface area contributed by atoms with Crippen molar-refractivity contribution in [2.45, 2.75) is 12.8 Å². The summed E-state index contributed by atoms with van der Waals surface area (Å²) in [6.45, 7) is 0. The molecule has 0 amide bonds. The van der Waals surface area contributed by atoms with Crippen LogP contribution in [0, 0.1) is 0 Å². The van der Waals surface area contributed by atoms with Gasteiger partial charge < -0.3 is 4.74 Å². The molecular formula is C17H15ClO. The van der Waals surface area contributed by atoms with Crippen molar-refractivity contribution < 1.29 is 4.74 Å². The molecule has 1 aliphatic rings. The molecule has 96 valence electrons. The van der Waals surface area contributed by atoms with Gasteiger partial charge in [0.2, 0.25) is 0 Å². The molecule has 0 spiro atoms. The summed E-state index contributed by atoms with van der Waals surface area (Å²) in [6, 6.07) is 16.3. The molecule has 2 aromatic rings. The number of allylic oxidation sites excluding steroid dienone is 1. The standard InChI is InChI=1S/C17H15ClO/c1-19-16-10-6-14(7-11-16)17(12-2-3-12)13-4-8-15(18)9-5-13/h4-11H,2-3H2,1H3. The van der Waals surface area contributed by atoms with Crippen LogP contribution in [0.4, 0.5) is 0 Å². The van der Waals surface area contributed by atoms with Gasteiger partial charge in [-0.25, -0.2) is 0 Å². The van der Waals surface area contributed by atoms with Gasteiger partial charge in [-0.05, 0) is 53.8 Å². The van der Waals surface area contributed by atoms with Crippen molar-refractivity contribution in [1.29, 1.82) is 0 Å². The summed E-state index contributed by atoms with van der Waals surface area (Å²) in [5.74, 6) is 0.889. The molecule has 19 heavy (non-hydrogen) atoms. The smallest absolute Gasteiger partial charge is 0.118 e. The summed E-state index contributed by atoms with van der Waals surface area (Å²) in [5.41, 5.74) is 5.35. The molecule has 0 bridgehead atoms. The van der Waals surface area contributed by atoms with Crippen molar-refractivity contribution in [1.82, 2.24) is 0 Å². The third kappa shape index (κ3) is 2.66. The number of ether oxygens (including phenoxy) is 1. The maximum absolute atomic E-state index is 5.96. The Hall–Kier alpha value is -1.73. The molecule has 2 heteroatoms. The second-order valence-electron chi connectivity index (χ2n) is 4.71. The van der Waals surface area contributed by atoms with E-state index in [9.17, 15) is 0 Å². The Morgan fingerprint density at radius 2 is 1.42 bits per heavy atom. The lowest BCUT2D eigenvalue weighted by Crippen LogP contribution is -1.89. The molecule has 0 aliphatic heterocycles. The van der Waals surface area contributed by atoms with Gasteiger partial charge in [-0.15, -0.1) is 0 Å². The van der Waals surface area contributed by atoms with Crippen LogP contribution in [-0.4, -0.2) is 7.11 Å². The highest BCUT2D eigenvalue weighted by molar-refractivity contribution is 6.30. The van der Waals surface area contributed by atoms with Gasteiger partial charge in [0.1, 0.15) is 5.75 Å². The van der Waals surface area contributed by atoms with Crippen LogP contribution < -0.4 is 4.74 Å². The van der Waals surface area contributed by atoms with Crippen LogP contribution >= 0.6 is 11.6 Å². The number of hydrogen-bond donors (Lipinski definition) is 0. The minimum absolute atomic E-state index is 0.777. The Labute approximate surface area is 118 Å². The van der Waals surface area contributed by atoms with E-state index in [1.165, 1.54) is 35.1 Å². The normalized spacial score (nSPS) is 13.3. The second kappa shape index (κ2) is 5.10. The van der Waals surface area contributed by atoms with Crippen LogP contribution in [0.1, 0.15) is 24.0 Å². The van der Waals surface area contributed by atoms with Gasteiger partial charge in [0.15, 0.2) is 0 Å². The molecule has 0 heterocycles. The Morgan fingerprint density at radius 1 is 0.895 bits per heavy atom. The molecule has 0 saturated heterocycles. The monoisotopic (exact) mass is 270 g/mol. The van der Waals surface area contributed by atoms with Crippen LogP contribution in [0.2, 0.25) is 5.02 Å². The van der Waals surface area contributed by atoms with Gasteiger partial charge >= 0.3 is 0 Å². The topological polar surface area (TPSA) is 9.23 Å². The molecule has 0 radical (unpaired) electrons. The van der Waals surface area contributed by atoms with E-state index < -0.39 is 0 Å². The molecule has 0 unspecified atom stereocenters. The summed E-state index contributed by atoms with van der Waals surface area (Å²) < 4.78 is 5.21. The molecule has 1 saturated carbocycles. The van der Waals surface area contributed by atoms with Crippen LogP contribution in [-0.2, 0) is 0 Å². The minimum Gasteiger partial charge on any atom is -0.497 e. The van der Waals surface area contributed by atoms with Gasteiger partial charge in [-0.2, -0.15) is 0 Å². The molecule has 2 aromatic carbocycles. The maximum atomic E-state index is 5.96. The molecule has 1 aliphatic carbocycles. The lowest BCUT2D eigenvalue weighted by atomic mass is 9.97. The number of hydrogen-bond acceptors (Lipinski definition) is 1. The average molecular weight is 271 g/mol. The highest BCUT2D eigenvalue weighted by Gasteiger charge is 2.20. The highest BCUT2D eigenvalue weighted by atomic mass is 35.5. The lowest BCUT2D eigenvalue weighted by Gasteiger charge is -2.09. The first-order valence-electron chi connectivity index (χ1n) is 6.40. The molecule has 0 aromatic heterocycles. The predicted molar refractivity (Wildman–Crippen MR) is 79.7 cm³/mol. The number of benzene rings is 2.